The third-order valence-electron chi connectivity index (χ3n) is 2.38. The highest BCUT2D eigenvalue weighted by atomic mass is 32.2. The smallest absolute Gasteiger partial charge is 0.264 e. The molecule has 1 aromatic rings. The second-order valence-corrected chi connectivity index (χ2v) is 5.49. The Labute approximate surface area is 119 Å². The van der Waals surface area contributed by atoms with E-state index in [9.17, 15) is 8.42 Å². The third kappa shape index (κ3) is 4.75. The van der Waals surface area contributed by atoms with Crippen molar-refractivity contribution in [2.24, 2.45) is 0 Å². The average molecular weight is 302 g/mol. The molecule has 0 bridgehead atoms. The van der Waals surface area contributed by atoms with Crippen LogP contribution >= 0.6 is 0 Å². The fourth-order valence-electron chi connectivity index (χ4n) is 1.54. The summed E-state index contributed by atoms with van der Waals surface area (Å²) in [6, 6.07) is 3.50. The quantitative estimate of drug-likeness (QED) is 0.714. The van der Waals surface area contributed by atoms with Crippen LogP contribution in [0.4, 0.5) is 0 Å². The summed E-state index contributed by atoms with van der Waals surface area (Å²) in [6.45, 7) is -0.0322. The van der Waals surface area contributed by atoms with Gasteiger partial charge in [0, 0.05) is 0 Å². The second-order valence-electron chi connectivity index (χ2n) is 3.85. The van der Waals surface area contributed by atoms with Crippen LogP contribution in [0, 0.1) is 0 Å². The van der Waals surface area contributed by atoms with E-state index >= 15 is 0 Å². The highest BCUT2D eigenvalue weighted by Crippen LogP contribution is 2.38. The average Bonchev–Trinajstić information content (AvgIpc) is 2.41. The summed E-state index contributed by atoms with van der Waals surface area (Å²) in [5, 5.41) is 0. The van der Waals surface area contributed by atoms with Gasteiger partial charge in [-0.1, -0.05) is 12.2 Å². The van der Waals surface area contributed by atoms with Gasteiger partial charge in [-0.05, 0) is 17.7 Å². The molecule has 6 nitrogen and oxygen atoms in total. The van der Waals surface area contributed by atoms with Gasteiger partial charge in [-0.25, -0.2) is 0 Å². The van der Waals surface area contributed by atoms with Crippen LogP contribution in [0.5, 0.6) is 17.2 Å². The van der Waals surface area contributed by atoms with Crippen molar-refractivity contribution >= 4 is 16.2 Å². The van der Waals surface area contributed by atoms with Crippen molar-refractivity contribution in [2.75, 3.05) is 34.2 Å². The lowest BCUT2D eigenvalue weighted by atomic mass is 10.1. The first kappa shape index (κ1) is 16.3. The van der Waals surface area contributed by atoms with E-state index in [0.29, 0.717) is 17.2 Å². The van der Waals surface area contributed by atoms with Crippen LogP contribution in [0.2, 0.25) is 0 Å². The monoisotopic (exact) mass is 302 g/mol. The van der Waals surface area contributed by atoms with E-state index in [0.717, 1.165) is 11.8 Å². The number of benzene rings is 1. The van der Waals surface area contributed by atoms with Gasteiger partial charge >= 0.3 is 0 Å². The number of hydrogen-bond acceptors (Lipinski definition) is 6. The van der Waals surface area contributed by atoms with Crippen LogP contribution in [-0.4, -0.2) is 42.6 Å². The Hall–Kier alpha value is -1.73. The van der Waals surface area contributed by atoms with Gasteiger partial charge in [0.1, 0.15) is 0 Å². The minimum atomic E-state index is -3.44. The Balaban J connectivity index is 2.93. The predicted molar refractivity (Wildman–Crippen MR) is 75.9 cm³/mol. The van der Waals surface area contributed by atoms with Crippen LogP contribution < -0.4 is 14.2 Å². The van der Waals surface area contributed by atoms with E-state index in [1.807, 2.05) is 0 Å². The molecule has 0 fully saturated rings. The van der Waals surface area contributed by atoms with E-state index in [2.05, 4.69) is 4.18 Å². The molecule has 0 N–H and O–H groups in total. The molecule has 0 aromatic heterocycles. The summed E-state index contributed by atoms with van der Waals surface area (Å²) >= 11 is 0. The largest absolute Gasteiger partial charge is 0.493 e. The molecule has 0 aliphatic rings. The lowest BCUT2D eigenvalue weighted by molar-refractivity contribution is 0.324. The first-order valence-corrected chi connectivity index (χ1v) is 7.54. The molecule has 0 saturated carbocycles. The third-order valence-corrected chi connectivity index (χ3v) is 2.94. The summed E-state index contributed by atoms with van der Waals surface area (Å²) in [6.07, 6.45) is 4.29. The molecular weight excluding hydrogens is 284 g/mol. The standard InChI is InChI=1S/C13H18O6S/c1-16-11-8-10(6-5-7-19-20(4,14)15)9-12(17-2)13(11)18-3/h5-6,8-9H,7H2,1-4H3. The summed E-state index contributed by atoms with van der Waals surface area (Å²) in [5.74, 6) is 1.55. The molecule has 7 heteroatoms. The van der Waals surface area contributed by atoms with Gasteiger partial charge in [-0.15, -0.1) is 0 Å². The van der Waals surface area contributed by atoms with Crippen LogP contribution in [0.15, 0.2) is 18.2 Å². The van der Waals surface area contributed by atoms with Gasteiger partial charge in [0.05, 0.1) is 34.2 Å². The zero-order chi connectivity index (χ0) is 15.2. The Morgan fingerprint density at radius 3 is 2.00 bits per heavy atom. The molecule has 0 heterocycles. The Morgan fingerprint density at radius 1 is 1.05 bits per heavy atom. The fraction of sp³-hybridized carbons (Fsp3) is 0.385. The van der Waals surface area contributed by atoms with E-state index in [-0.39, 0.29) is 6.61 Å². The molecule has 0 unspecified atom stereocenters. The normalized spacial score (nSPS) is 11.6. The molecular formula is C13H18O6S. The van der Waals surface area contributed by atoms with Gasteiger partial charge in [0.2, 0.25) is 5.75 Å². The summed E-state index contributed by atoms with van der Waals surface area (Å²) < 4.78 is 41.9. The van der Waals surface area contributed by atoms with Gasteiger partial charge < -0.3 is 14.2 Å². The maximum atomic E-state index is 10.8. The topological polar surface area (TPSA) is 71.1 Å². The van der Waals surface area contributed by atoms with Crippen LogP contribution in [-0.2, 0) is 14.3 Å². The highest BCUT2D eigenvalue weighted by molar-refractivity contribution is 7.85. The Kier molecular flexibility index (Phi) is 5.84. The summed E-state index contributed by atoms with van der Waals surface area (Å²) in [5.41, 5.74) is 0.775. The molecule has 0 aliphatic carbocycles. The molecule has 0 atom stereocenters. The number of ether oxygens (including phenoxy) is 3. The SMILES string of the molecule is COc1cc(C=CCOS(C)(=O)=O)cc(OC)c1OC. The predicted octanol–water partition coefficient (Wildman–Crippen LogP) is 1.70. The van der Waals surface area contributed by atoms with Crippen LogP contribution in [0.3, 0.4) is 0 Å². The molecule has 1 rings (SSSR count). The maximum Gasteiger partial charge on any atom is 0.264 e. The molecule has 1 aromatic carbocycles. The molecule has 112 valence electrons. The fourth-order valence-corrected chi connectivity index (χ4v) is 1.87. The first-order chi connectivity index (χ1) is 9.41. The Morgan fingerprint density at radius 2 is 1.60 bits per heavy atom. The van der Waals surface area contributed by atoms with Crippen molar-refractivity contribution in [3.05, 3.63) is 23.8 Å². The van der Waals surface area contributed by atoms with E-state index in [1.165, 1.54) is 21.3 Å². The van der Waals surface area contributed by atoms with Crippen molar-refractivity contribution < 1.29 is 26.8 Å². The molecule has 20 heavy (non-hydrogen) atoms. The van der Waals surface area contributed by atoms with E-state index < -0.39 is 10.1 Å². The van der Waals surface area contributed by atoms with Crippen molar-refractivity contribution in [3.8, 4) is 17.2 Å². The minimum absolute atomic E-state index is 0.0322. The molecule has 0 aliphatic heterocycles. The van der Waals surface area contributed by atoms with Crippen molar-refractivity contribution in [1.29, 1.82) is 0 Å². The van der Waals surface area contributed by atoms with Gasteiger partial charge in [-0.3, -0.25) is 4.18 Å². The van der Waals surface area contributed by atoms with Crippen molar-refractivity contribution in [3.63, 3.8) is 0 Å². The van der Waals surface area contributed by atoms with Crippen LogP contribution in [0.1, 0.15) is 5.56 Å². The van der Waals surface area contributed by atoms with Crippen LogP contribution in [0.25, 0.3) is 6.08 Å². The lowest BCUT2D eigenvalue weighted by Crippen LogP contribution is -2.01. The van der Waals surface area contributed by atoms with Crippen molar-refractivity contribution in [2.45, 2.75) is 0 Å². The lowest BCUT2D eigenvalue weighted by Gasteiger charge is -2.12. The molecule has 0 radical (unpaired) electrons. The first-order valence-electron chi connectivity index (χ1n) is 5.72. The minimum Gasteiger partial charge on any atom is -0.493 e. The number of rotatable bonds is 7. The summed E-state index contributed by atoms with van der Waals surface area (Å²) in [4.78, 5) is 0. The second kappa shape index (κ2) is 7.16. The van der Waals surface area contributed by atoms with Gasteiger partial charge in [0.25, 0.3) is 10.1 Å². The summed E-state index contributed by atoms with van der Waals surface area (Å²) in [7, 11) is 1.14. The van der Waals surface area contributed by atoms with E-state index in [4.69, 9.17) is 14.2 Å². The number of hydrogen-bond donors (Lipinski definition) is 0. The van der Waals surface area contributed by atoms with Crippen molar-refractivity contribution in [1.82, 2.24) is 0 Å². The Bertz CT molecular complexity index is 552. The molecule has 0 spiro atoms. The van der Waals surface area contributed by atoms with Gasteiger partial charge in [-0.2, -0.15) is 8.42 Å². The zero-order valence-electron chi connectivity index (χ0n) is 11.9. The van der Waals surface area contributed by atoms with E-state index in [1.54, 1.807) is 24.3 Å². The maximum absolute atomic E-state index is 10.8. The highest BCUT2D eigenvalue weighted by Gasteiger charge is 2.11. The number of methoxy groups -OCH3 is 3. The molecule has 0 saturated heterocycles. The van der Waals surface area contributed by atoms with Gasteiger partial charge in [0.15, 0.2) is 11.5 Å². The molecule has 0 amide bonds. The zero-order valence-corrected chi connectivity index (χ0v) is 12.7.